The highest BCUT2D eigenvalue weighted by atomic mass is 79.9. The molecule has 0 aliphatic carbocycles. The van der Waals surface area contributed by atoms with Crippen LogP contribution in [0.15, 0.2) is 45.3 Å². The number of halogens is 2. The Balaban J connectivity index is 2.24. The summed E-state index contributed by atoms with van der Waals surface area (Å²) in [6.45, 7) is 0.148. The SMILES string of the molecule is Nc1c(COc2c(Br)cccc2Br)cccc1[N+](=O)[O-]. The minimum absolute atomic E-state index is 0.114. The number of hydrogen-bond donors (Lipinski definition) is 1. The molecule has 2 N–H and O–H groups in total. The number of ether oxygens (including phenoxy) is 1. The van der Waals surface area contributed by atoms with Gasteiger partial charge in [0, 0.05) is 11.6 Å². The third kappa shape index (κ3) is 3.10. The Morgan fingerprint density at radius 2 is 1.75 bits per heavy atom. The lowest BCUT2D eigenvalue weighted by Gasteiger charge is -2.11. The molecule has 0 aliphatic rings. The molecular weight excluding hydrogens is 392 g/mol. The maximum absolute atomic E-state index is 10.8. The van der Waals surface area contributed by atoms with Gasteiger partial charge in [-0.2, -0.15) is 0 Å². The maximum Gasteiger partial charge on any atom is 0.292 e. The van der Waals surface area contributed by atoms with Crippen molar-refractivity contribution < 1.29 is 9.66 Å². The number of nitrogen functional groups attached to an aromatic ring is 1. The minimum atomic E-state index is -0.507. The van der Waals surface area contributed by atoms with Crippen LogP contribution in [-0.2, 0) is 6.61 Å². The molecule has 2 aromatic rings. The molecule has 0 heterocycles. The highest BCUT2D eigenvalue weighted by Crippen LogP contribution is 2.34. The molecule has 0 atom stereocenters. The van der Waals surface area contributed by atoms with E-state index in [4.69, 9.17) is 10.5 Å². The third-order valence-corrected chi connectivity index (χ3v) is 3.91. The lowest BCUT2D eigenvalue weighted by molar-refractivity contribution is -0.384. The van der Waals surface area contributed by atoms with E-state index in [1.807, 2.05) is 18.2 Å². The van der Waals surface area contributed by atoms with Crippen molar-refractivity contribution in [2.24, 2.45) is 0 Å². The fourth-order valence-electron chi connectivity index (χ4n) is 1.65. The van der Waals surface area contributed by atoms with E-state index in [1.165, 1.54) is 6.07 Å². The maximum atomic E-state index is 10.8. The first-order valence-corrected chi connectivity index (χ1v) is 7.18. The molecule has 0 saturated carbocycles. The Bertz CT molecular complexity index is 642. The molecule has 0 bridgehead atoms. The Hall–Kier alpha value is -1.60. The van der Waals surface area contributed by atoms with Crippen LogP contribution in [0.3, 0.4) is 0 Å². The van der Waals surface area contributed by atoms with Gasteiger partial charge in [-0.05, 0) is 44.0 Å². The third-order valence-electron chi connectivity index (χ3n) is 2.66. The van der Waals surface area contributed by atoms with E-state index in [2.05, 4.69) is 31.9 Å². The minimum Gasteiger partial charge on any atom is -0.486 e. The lowest BCUT2D eigenvalue weighted by atomic mass is 10.1. The Morgan fingerprint density at radius 3 is 2.35 bits per heavy atom. The van der Waals surface area contributed by atoms with E-state index in [-0.39, 0.29) is 18.0 Å². The van der Waals surface area contributed by atoms with Crippen LogP contribution in [0.25, 0.3) is 0 Å². The van der Waals surface area contributed by atoms with Crippen molar-refractivity contribution >= 4 is 43.2 Å². The average Bonchev–Trinajstić information content (AvgIpc) is 2.39. The van der Waals surface area contributed by atoms with Crippen molar-refractivity contribution in [3.63, 3.8) is 0 Å². The Morgan fingerprint density at radius 1 is 1.15 bits per heavy atom. The summed E-state index contributed by atoms with van der Waals surface area (Å²) in [7, 11) is 0. The van der Waals surface area contributed by atoms with Crippen LogP contribution in [0, 0.1) is 10.1 Å². The van der Waals surface area contributed by atoms with Crippen molar-refractivity contribution in [3.8, 4) is 5.75 Å². The fourth-order valence-corrected chi connectivity index (χ4v) is 2.88. The Kier molecular flexibility index (Phi) is 4.61. The molecule has 2 aromatic carbocycles. The van der Waals surface area contributed by atoms with Gasteiger partial charge < -0.3 is 10.5 Å². The van der Waals surface area contributed by atoms with Crippen molar-refractivity contribution in [2.75, 3.05) is 5.73 Å². The molecule has 5 nitrogen and oxygen atoms in total. The normalized spacial score (nSPS) is 10.3. The van der Waals surface area contributed by atoms with Crippen LogP contribution >= 0.6 is 31.9 Å². The topological polar surface area (TPSA) is 78.4 Å². The second kappa shape index (κ2) is 6.23. The van der Waals surface area contributed by atoms with Crippen LogP contribution in [0.5, 0.6) is 5.75 Å². The largest absolute Gasteiger partial charge is 0.486 e. The molecule has 7 heteroatoms. The van der Waals surface area contributed by atoms with Gasteiger partial charge in [-0.15, -0.1) is 0 Å². The van der Waals surface area contributed by atoms with E-state index in [0.717, 1.165) is 8.95 Å². The van der Waals surface area contributed by atoms with E-state index >= 15 is 0 Å². The zero-order valence-electron chi connectivity index (χ0n) is 10.2. The monoisotopic (exact) mass is 400 g/mol. The molecule has 2 rings (SSSR count). The molecule has 0 unspecified atom stereocenters. The summed E-state index contributed by atoms with van der Waals surface area (Å²) in [5.41, 5.74) is 6.36. The summed E-state index contributed by atoms with van der Waals surface area (Å²) < 4.78 is 7.25. The molecular formula is C13H10Br2N2O3. The molecule has 0 aromatic heterocycles. The van der Waals surface area contributed by atoms with Crippen molar-refractivity contribution in [1.29, 1.82) is 0 Å². The standard InChI is InChI=1S/C13H10Br2N2O3/c14-9-4-2-5-10(15)13(9)20-7-8-3-1-6-11(12(8)16)17(18)19/h1-6H,7,16H2. The summed E-state index contributed by atoms with van der Waals surface area (Å²) in [5, 5.41) is 10.8. The van der Waals surface area contributed by atoms with Gasteiger partial charge in [-0.1, -0.05) is 18.2 Å². The number of anilines is 1. The number of nitrogens with two attached hydrogens (primary N) is 1. The molecule has 0 saturated heterocycles. The highest BCUT2D eigenvalue weighted by Gasteiger charge is 2.15. The predicted octanol–water partition coefficient (Wildman–Crippen LogP) is 4.28. The van der Waals surface area contributed by atoms with Gasteiger partial charge in [0.25, 0.3) is 5.69 Å². The van der Waals surface area contributed by atoms with Gasteiger partial charge in [0.2, 0.25) is 0 Å². The molecule has 0 spiro atoms. The van der Waals surface area contributed by atoms with Gasteiger partial charge in [-0.3, -0.25) is 10.1 Å². The first-order valence-electron chi connectivity index (χ1n) is 5.59. The number of rotatable bonds is 4. The van der Waals surface area contributed by atoms with Gasteiger partial charge in [0.05, 0.1) is 13.9 Å². The summed E-state index contributed by atoms with van der Waals surface area (Å²) >= 11 is 6.76. The second-order valence-electron chi connectivity index (χ2n) is 3.95. The van der Waals surface area contributed by atoms with Gasteiger partial charge in [0.15, 0.2) is 0 Å². The number of para-hydroxylation sites is 2. The van der Waals surface area contributed by atoms with Crippen LogP contribution < -0.4 is 10.5 Å². The first kappa shape index (κ1) is 14.8. The van der Waals surface area contributed by atoms with Crippen molar-refractivity contribution in [3.05, 3.63) is 61.0 Å². The molecule has 0 aliphatic heterocycles. The van der Waals surface area contributed by atoms with E-state index in [9.17, 15) is 10.1 Å². The van der Waals surface area contributed by atoms with Gasteiger partial charge in [-0.25, -0.2) is 0 Å². The number of hydrogen-bond acceptors (Lipinski definition) is 4. The fraction of sp³-hybridized carbons (Fsp3) is 0.0769. The zero-order valence-corrected chi connectivity index (χ0v) is 13.3. The van der Waals surface area contributed by atoms with Gasteiger partial charge in [0.1, 0.15) is 18.0 Å². The van der Waals surface area contributed by atoms with E-state index in [1.54, 1.807) is 12.1 Å². The number of benzene rings is 2. The summed E-state index contributed by atoms with van der Waals surface area (Å²) in [4.78, 5) is 10.3. The summed E-state index contributed by atoms with van der Waals surface area (Å²) in [6.07, 6.45) is 0. The molecule has 0 fully saturated rings. The van der Waals surface area contributed by atoms with E-state index < -0.39 is 4.92 Å². The average molecular weight is 402 g/mol. The predicted molar refractivity (Wildman–Crippen MR) is 83.7 cm³/mol. The molecule has 20 heavy (non-hydrogen) atoms. The van der Waals surface area contributed by atoms with Crippen molar-refractivity contribution in [1.82, 2.24) is 0 Å². The smallest absolute Gasteiger partial charge is 0.292 e. The van der Waals surface area contributed by atoms with Crippen LogP contribution in [0.1, 0.15) is 5.56 Å². The Labute approximate surface area is 132 Å². The molecule has 0 amide bonds. The zero-order chi connectivity index (χ0) is 14.7. The first-order chi connectivity index (χ1) is 9.50. The summed E-state index contributed by atoms with van der Waals surface area (Å²) in [6, 6.07) is 10.2. The number of nitro benzene ring substituents is 1. The molecule has 0 radical (unpaired) electrons. The van der Waals surface area contributed by atoms with Crippen LogP contribution in [0.2, 0.25) is 0 Å². The van der Waals surface area contributed by atoms with Crippen molar-refractivity contribution in [2.45, 2.75) is 6.61 Å². The number of nitro groups is 1. The second-order valence-corrected chi connectivity index (χ2v) is 5.66. The van der Waals surface area contributed by atoms with Crippen LogP contribution in [-0.4, -0.2) is 4.92 Å². The number of nitrogens with zero attached hydrogens (tertiary/aromatic N) is 1. The lowest BCUT2D eigenvalue weighted by Crippen LogP contribution is -2.04. The highest BCUT2D eigenvalue weighted by molar-refractivity contribution is 9.11. The molecule has 104 valence electrons. The summed E-state index contributed by atoms with van der Waals surface area (Å²) in [5.74, 6) is 0.624. The van der Waals surface area contributed by atoms with Crippen LogP contribution in [0.4, 0.5) is 11.4 Å². The van der Waals surface area contributed by atoms with E-state index in [0.29, 0.717) is 11.3 Å². The quantitative estimate of drug-likeness (QED) is 0.471. The van der Waals surface area contributed by atoms with Gasteiger partial charge >= 0.3 is 0 Å².